The molecule has 0 bridgehead atoms. The zero-order valence-electron chi connectivity index (χ0n) is 13.0. The zero-order valence-corrected chi connectivity index (χ0v) is 17.8. The SMILES string of the molecule is Brc1cc(Br)cc([C@H](C2CCOCC2)N2CCNCC2)c1.Cl.Cl. The second-order valence-corrected chi connectivity index (χ2v) is 7.71. The third kappa shape index (κ3) is 5.84. The summed E-state index contributed by atoms with van der Waals surface area (Å²) < 4.78 is 7.87. The van der Waals surface area contributed by atoms with Crippen LogP contribution in [0.1, 0.15) is 24.4 Å². The average molecular weight is 491 g/mol. The van der Waals surface area contributed by atoms with Gasteiger partial charge >= 0.3 is 0 Å². The van der Waals surface area contributed by atoms with Crippen LogP contribution >= 0.6 is 56.7 Å². The molecule has 1 atom stereocenters. The van der Waals surface area contributed by atoms with Crippen LogP contribution in [0.3, 0.4) is 0 Å². The van der Waals surface area contributed by atoms with Crippen LogP contribution in [-0.2, 0) is 4.74 Å². The molecule has 0 aliphatic carbocycles. The molecular formula is C16H24Br2Cl2N2O. The molecule has 2 saturated heterocycles. The first kappa shape index (κ1) is 21.7. The first-order chi connectivity index (χ1) is 10.2. The van der Waals surface area contributed by atoms with Gasteiger partial charge in [-0.1, -0.05) is 31.9 Å². The Morgan fingerprint density at radius 2 is 1.57 bits per heavy atom. The van der Waals surface area contributed by atoms with Gasteiger partial charge in [0.15, 0.2) is 0 Å². The molecule has 2 heterocycles. The average Bonchev–Trinajstić information content (AvgIpc) is 2.49. The van der Waals surface area contributed by atoms with Crippen LogP contribution in [0.4, 0.5) is 0 Å². The number of hydrogen-bond donors (Lipinski definition) is 1. The molecular weight excluding hydrogens is 467 g/mol. The fourth-order valence-electron chi connectivity index (χ4n) is 3.52. The monoisotopic (exact) mass is 488 g/mol. The third-order valence-electron chi connectivity index (χ3n) is 4.48. The molecule has 0 saturated carbocycles. The molecule has 0 unspecified atom stereocenters. The molecule has 2 fully saturated rings. The topological polar surface area (TPSA) is 24.5 Å². The summed E-state index contributed by atoms with van der Waals surface area (Å²) in [6, 6.07) is 7.19. The molecule has 132 valence electrons. The largest absolute Gasteiger partial charge is 0.381 e. The zero-order chi connectivity index (χ0) is 14.7. The quantitative estimate of drug-likeness (QED) is 0.678. The summed E-state index contributed by atoms with van der Waals surface area (Å²) >= 11 is 7.29. The number of ether oxygens (including phenoxy) is 1. The van der Waals surface area contributed by atoms with Gasteiger partial charge in [0.05, 0.1) is 0 Å². The van der Waals surface area contributed by atoms with Gasteiger partial charge in [-0.15, -0.1) is 24.8 Å². The van der Waals surface area contributed by atoms with Gasteiger partial charge in [-0.25, -0.2) is 0 Å². The van der Waals surface area contributed by atoms with Crippen LogP contribution in [0.15, 0.2) is 27.1 Å². The van der Waals surface area contributed by atoms with Gasteiger partial charge in [0.1, 0.15) is 0 Å². The molecule has 0 spiro atoms. The minimum Gasteiger partial charge on any atom is -0.381 e. The highest BCUT2D eigenvalue weighted by Crippen LogP contribution is 2.37. The standard InChI is InChI=1S/C16H22Br2N2O.2ClH/c17-14-9-13(10-15(18)11-14)16(12-1-7-21-8-2-12)20-5-3-19-4-6-20;;/h9-12,16,19H,1-8H2;2*1H/t16-;;/m0../s1. The smallest absolute Gasteiger partial charge is 0.0469 e. The van der Waals surface area contributed by atoms with Crippen molar-refractivity contribution in [2.75, 3.05) is 39.4 Å². The number of benzene rings is 1. The molecule has 23 heavy (non-hydrogen) atoms. The molecule has 1 N–H and O–H groups in total. The Bertz CT molecular complexity index is 443. The Labute approximate surface area is 168 Å². The Morgan fingerprint density at radius 3 is 2.13 bits per heavy atom. The van der Waals surface area contributed by atoms with E-state index >= 15 is 0 Å². The predicted molar refractivity (Wildman–Crippen MR) is 107 cm³/mol. The van der Waals surface area contributed by atoms with Crippen molar-refractivity contribution >= 4 is 56.7 Å². The normalized spacial score (nSPS) is 21.1. The summed E-state index contributed by atoms with van der Waals surface area (Å²) in [7, 11) is 0. The maximum atomic E-state index is 5.57. The van der Waals surface area contributed by atoms with Crippen LogP contribution in [0, 0.1) is 5.92 Å². The van der Waals surface area contributed by atoms with Crippen molar-refractivity contribution in [3.63, 3.8) is 0 Å². The van der Waals surface area contributed by atoms with Crippen LogP contribution in [0.2, 0.25) is 0 Å². The first-order valence-electron chi connectivity index (χ1n) is 7.72. The lowest BCUT2D eigenvalue weighted by Gasteiger charge is -2.41. The highest BCUT2D eigenvalue weighted by molar-refractivity contribution is 9.11. The van der Waals surface area contributed by atoms with Gasteiger partial charge in [-0.05, 0) is 42.5 Å². The van der Waals surface area contributed by atoms with Crippen molar-refractivity contribution < 1.29 is 4.74 Å². The predicted octanol–water partition coefficient (Wildman–Crippen LogP) is 4.43. The number of nitrogens with one attached hydrogen (secondary N) is 1. The highest BCUT2D eigenvalue weighted by Gasteiger charge is 2.31. The number of halogens is 4. The number of nitrogens with zero attached hydrogens (tertiary/aromatic N) is 1. The van der Waals surface area contributed by atoms with Crippen molar-refractivity contribution in [1.29, 1.82) is 0 Å². The van der Waals surface area contributed by atoms with Crippen LogP contribution in [-0.4, -0.2) is 44.3 Å². The number of hydrogen-bond acceptors (Lipinski definition) is 3. The lowest BCUT2D eigenvalue weighted by molar-refractivity contribution is 0.0213. The number of piperazine rings is 1. The summed E-state index contributed by atoms with van der Waals surface area (Å²) in [5.74, 6) is 0.693. The van der Waals surface area contributed by atoms with E-state index < -0.39 is 0 Å². The highest BCUT2D eigenvalue weighted by atomic mass is 79.9. The fourth-order valence-corrected chi connectivity index (χ4v) is 4.85. The minimum atomic E-state index is 0. The fraction of sp³-hybridized carbons (Fsp3) is 0.625. The summed E-state index contributed by atoms with van der Waals surface area (Å²) in [5, 5.41) is 3.46. The van der Waals surface area contributed by atoms with E-state index in [1.807, 2.05) is 0 Å². The lowest BCUT2D eigenvalue weighted by atomic mass is 9.85. The Balaban J connectivity index is 0.00000132. The number of rotatable bonds is 3. The van der Waals surface area contributed by atoms with Gasteiger partial charge < -0.3 is 10.1 Å². The second kappa shape index (κ2) is 10.6. The molecule has 2 aliphatic heterocycles. The molecule has 3 nitrogen and oxygen atoms in total. The van der Waals surface area contributed by atoms with E-state index in [4.69, 9.17) is 4.74 Å². The summed E-state index contributed by atoms with van der Waals surface area (Å²) in [6.07, 6.45) is 2.33. The minimum absolute atomic E-state index is 0. The molecule has 1 aromatic carbocycles. The molecule has 0 amide bonds. The third-order valence-corrected chi connectivity index (χ3v) is 5.40. The Hall–Kier alpha value is 0.640. The molecule has 0 radical (unpaired) electrons. The molecule has 7 heteroatoms. The molecule has 1 aromatic rings. The van der Waals surface area contributed by atoms with E-state index in [-0.39, 0.29) is 24.8 Å². The van der Waals surface area contributed by atoms with E-state index in [0.717, 1.165) is 48.3 Å². The maximum absolute atomic E-state index is 5.57. The summed E-state index contributed by atoms with van der Waals surface area (Å²) in [6.45, 7) is 6.26. The molecule has 0 aromatic heterocycles. The Morgan fingerprint density at radius 1 is 1.00 bits per heavy atom. The maximum Gasteiger partial charge on any atom is 0.0469 e. The van der Waals surface area contributed by atoms with E-state index in [1.165, 1.54) is 18.4 Å². The lowest BCUT2D eigenvalue weighted by Crippen LogP contribution is -2.47. The van der Waals surface area contributed by atoms with E-state index in [2.05, 4.69) is 60.3 Å². The van der Waals surface area contributed by atoms with E-state index in [9.17, 15) is 0 Å². The molecule has 3 rings (SSSR count). The van der Waals surface area contributed by atoms with Crippen LogP contribution in [0.5, 0.6) is 0 Å². The van der Waals surface area contributed by atoms with Gasteiger partial charge in [0.2, 0.25) is 0 Å². The van der Waals surface area contributed by atoms with Crippen molar-refractivity contribution in [2.24, 2.45) is 5.92 Å². The molecule has 2 aliphatic rings. The summed E-state index contributed by atoms with van der Waals surface area (Å²) in [5.41, 5.74) is 1.42. The van der Waals surface area contributed by atoms with Crippen molar-refractivity contribution in [2.45, 2.75) is 18.9 Å². The van der Waals surface area contributed by atoms with Crippen LogP contribution in [0.25, 0.3) is 0 Å². The van der Waals surface area contributed by atoms with Crippen molar-refractivity contribution in [3.05, 3.63) is 32.7 Å². The van der Waals surface area contributed by atoms with E-state index in [0.29, 0.717) is 12.0 Å². The Kier molecular flexibility index (Phi) is 9.98. The summed E-state index contributed by atoms with van der Waals surface area (Å²) in [4.78, 5) is 2.65. The van der Waals surface area contributed by atoms with Gasteiger partial charge in [-0.3, -0.25) is 4.90 Å². The van der Waals surface area contributed by atoms with Crippen molar-refractivity contribution in [1.82, 2.24) is 10.2 Å². The first-order valence-corrected chi connectivity index (χ1v) is 9.31. The van der Waals surface area contributed by atoms with E-state index in [1.54, 1.807) is 0 Å². The van der Waals surface area contributed by atoms with Gasteiger partial charge in [-0.2, -0.15) is 0 Å². The van der Waals surface area contributed by atoms with Crippen LogP contribution < -0.4 is 5.32 Å². The van der Waals surface area contributed by atoms with Gasteiger partial charge in [0, 0.05) is 54.4 Å². The van der Waals surface area contributed by atoms with Crippen molar-refractivity contribution in [3.8, 4) is 0 Å². The second-order valence-electron chi connectivity index (χ2n) is 5.88. The van der Waals surface area contributed by atoms with Gasteiger partial charge in [0.25, 0.3) is 0 Å².